The van der Waals surface area contributed by atoms with E-state index in [0.717, 1.165) is 6.07 Å². The van der Waals surface area contributed by atoms with Crippen LogP contribution in [0, 0.1) is 17.1 Å². The molecule has 0 aliphatic rings. The summed E-state index contributed by atoms with van der Waals surface area (Å²) in [4.78, 5) is 24.1. The third-order valence-corrected chi connectivity index (χ3v) is 4.21. The van der Waals surface area contributed by atoms with Gasteiger partial charge in [0.05, 0.1) is 16.3 Å². The number of aromatic nitrogens is 2. The molecule has 7 nitrogen and oxygen atoms in total. The predicted molar refractivity (Wildman–Crippen MR) is 106 cm³/mol. The van der Waals surface area contributed by atoms with Crippen molar-refractivity contribution >= 4 is 28.9 Å². The average Bonchev–Trinajstić information content (AvgIpc) is 2.74. The Kier molecular flexibility index (Phi) is 5.81. The van der Waals surface area contributed by atoms with Crippen LogP contribution >= 0.6 is 11.6 Å². The zero-order valence-electron chi connectivity index (χ0n) is 15.0. The number of nitrogens with zero attached hydrogens (tertiary/aromatic N) is 4. The van der Waals surface area contributed by atoms with Gasteiger partial charge in [0.1, 0.15) is 23.3 Å². The van der Waals surface area contributed by atoms with Crippen LogP contribution in [0.2, 0.25) is 5.02 Å². The first-order chi connectivity index (χ1) is 13.9. The van der Waals surface area contributed by atoms with E-state index in [4.69, 9.17) is 11.6 Å². The van der Waals surface area contributed by atoms with E-state index < -0.39 is 11.7 Å². The molecular weight excluding hydrogens is 397 g/mol. The molecule has 0 unspecified atom stereocenters. The number of aromatic hydroxyl groups is 1. The van der Waals surface area contributed by atoms with Crippen molar-refractivity contribution in [1.82, 2.24) is 15.3 Å². The van der Waals surface area contributed by atoms with Gasteiger partial charge in [-0.3, -0.25) is 14.8 Å². The van der Waals surface area contributed by atoms with Gasteiger partial charge >= 0.3 is 0 Å². The Morgan fingerprint density at radius 3 is 2.69 bits per heavy atom. The summed E-state index contributed by atoms with van der Waals surface area (Å²) >= 11 is 5.75. The van der Waals surface area contributed by atoms with Crippen LogP contribution in [-0.4, -0.2) is 33.7 Å². The molecule has 0 spiro atoms. The molecule has 1 aromatic carbocycles. The van der Waals surface area contributed by atoms with E-state index in [-0.39, 0.29) is 39.1 Å². The summed E-state index contributed by atoms with van der Waals surface area (Å²) in [6, 6.07) is 10.1. The van der Waals surface area contributed by atoms with Gasteiger partial charge in [-0.15, -0.1) is 0 Å². The van der Waals surface area contributed by atoms with Crippen molar-refractivity contribution in [3.63, 3.8) is 0 Å². The molecule has 0 atom stereocenters. The van der Waals surface area contributed by atoms with Crippen LogP contribution in [-0.2, 0) is 0 Å². The molecule has 0 bridgehead atoms. The van der Waals surface area contributed by atoms with Gasteiger partial charge in [0.25, 0.3) is 5.91 Å². The highest BCUT2D eigenvalue weighted by atomic mass is 35.5. The monoisotopic (exact) mass is 409 g/mol. The first-order valence-electron chi connectivity index (χ1n) is 8.25. The largest absolute Gasteiger partial charge is 0.505 e. The molecular formula is C20H13ClFN5O2. The first kappa shape index (κ1) is 19.9. The lowest BCUT2D eigenvalue weighted by Crippen LogP contribution is -2.19. The number of benzene rings is 1. The quantitative estimate of drug-likeness (QED) is 0.639. The van der Waals surface area contributed by atoms with Crippen molar-refractivity contribution in [3.05, 3.63) is 70.9 Å². The van der Waals surface area contributed by atoms with Crippen LogP contribution in [0.5, 0.6) is 5.75 Å². The lowest BCUT2D eigenvalue weighted by Gasteiger charge is -2.09. The van der Waals surface area contributed by atoms with Crippen molar-refractivity contribution < 1.29 is 14.3 Å². The minimum Gasteiger partial charge on any atom is -0.505 e. The Hall–Kier alpha value is -3.83. The first-order valence-corrected chi connectivity index (χ1v) is 8.63. The molecule has 9 heteroatoms. The summed E-state index contributed by atoms with van der Waals surface area (Å²) in [5.74, 6) is -1.30. The molecule has 1 amide bonds. The number of aliphatic imine (C=N–C) groups is 1. The van der Waals surface area contributed by atoms with Crippen molar-refractivity contribution in [2.24, 2.45) is 4.99 Å². The highest BCUT2D eigenvalue weighted by Crippen LogP contribution is 2.31. The maximum Gasteiger partial charge on any atom is 0.269 e. The zero-order chi connectivity index (χ0) is 21.0. The Morgan fingerprint density at radius 1 is 1.24 bits per heavy atom. The zero-order valence-corrected chi connectivity index (χ0v) is 15.8. The van der Waals surface area contributed by atoms with Gasteiger partial charge in [-0.1, -0.05) is 11.6 Å². The Balaban J connectivity index is 2.08. The SMILES string of the molecule is CNC(=O)c1cc(-c2nccc(C(C#N)=Nc3ccc(F)c(Cl)c3)c2O)ccn1. The predicted octanol–water partition coefficient (Wildman–Crippen LogP) is 3.65. The fourth-order valence-corrected chi connectivity index (χ4v) is 2.69. The second-order valence-corrected chi connectivity index (χ2v) is 6.14. The second kappa shape index (κ2) is 8.46. The van der Waals surface area contributed by atoms with Crippen molar-refractivity contribution in [3.8, 4) is 23.1 Å². The number of amides is 1. The molecule has 2 aromatic heterocycles. The number of nitrogens with one attached hydrogen (secondary N) is 1. The molecule has 3 rings (SSSR count). The van der Waals surface area contributed by atoms with E-state index >= 15 is 0 Å². The van der Waals surface area contributed by atoms with Crippen LogP contribution in [0.1, 0.15) is 16.1 Å². The average molecular weight is 410 g/mol. The fraction of sp³-hybridized carbons (Fsp3) is 0.0500. The van der Waals surface area contributed by atoms with Gasteiger partial charge < -0.3 is 10.4 Å². The molecule has 144 valence electrons. The molecule has 29 heavy (non-hydrogen) atoms. The van der Waals surface area contributed by atoms with Crippen molar-refractivity contribution in [1.29, 1.82) is 5.26 Å². The number of hydrogen-bond donors (Lipinski definition) is 2. The summed E-state index contributed by atoms with van der Waals surface area (Å²) in [7, 11) is 1.48. The van der Waals surface area contributed by atoms with E-state index in [1.54, 1.807) is 6.07 Å². The van der Waals surface area contributed by atoms with Gasteiger partial charge in [-0.05, 0) is 36.4 Å². The molecule has 0 aliphatic carbocycles. The van der Waals surface area contributed by atoms with Gasteiger partial charge in [0, 0.05) is 25.0 Å². The number of rotatable bonds is 4. The summed E-state index contributed by atoms with van der Waals surface area (Å²) < 4.78 is 13.3. The van der Waals surface area contributed by atoms with Crippen LogP contribution < -0.4 is 5.32 Å². The van der Waals surface area contributed by atoms with E-state index in [0.29, 0.717) is 5.56 Å². The Bertz CT molecular complexity index is 1170. The van der Waals surface area contributed by atoms with Crippen LogP contribution in [0.4, 0.5) is 10.1 Å². The third kappa shape index (κ3) is 4.20. The molecule has 3 aromatic rings. The minimum atomic E-state index is -0.609. The van der Waals surface area contributed by atoms with Crippen LogP contribution in [0.25, 0.3) is 11.3 Å². The van der Waals surface area contributed by atoms with Gasteiger partial charge in [0.15, 0.2) is 11.5 Å². The number of carbonyl (C=O) groups is 1. The minimum absolute atomic E-state index is 0.116. The molecule has 0 saturated heterocycles. The number of nitriles is 1. The maximum atomic E-state index is 13.3. The summed E-state index contributed by atoms with van der Waals surface area (Å²) in [5, 5.41) is 22.6. The highest BCUT2D eigenvalue weighted by molar-refractivity contribution is 6.31. The second-order valence-electron chi connectivity index (χ2n) is 5.74. The molecule has 2 N–H and O–H groups in total. The van der Waals surface area contributed by atoms with Crippen molar-refractivity contribution in [2.75, 3.05) is 7.05 Å². The highest BCUT2D eigenvalue weighted by Gasteiger charge is 2.17. The topological polar surface area (TPSA) is 111 Å². The number of carbonyl (C=O) groups excluding carboxylic acids is 1. The maximum absolute atomic E-state index is 13.3. The van der Waals surface area contributed by atoms with E-state index in [2.05, 4.69) is 20.3 Å². The lowest BCUT2D eigenvalue weighted by molar-refractivity contribution is 0.0958. The summed E-state index contributed by atoms with van der Waals surface area (Å²) in [5.41, 5.74) is 0.976. The Morgan fingerprint density at radius 2 is 2.00 bits per heavy atom. The van der Waals surface area contributed by atoms with E-state index in [1.165, 1.54) is 43.7 Å². The number of halogens is 2. The molecule has 0 aliphatic heterocycles. The third-order valence-electron chi connectivity index (χ3n) is 3.92. The van der Waals surface area contributed by atoms with Crippen LogP contribution in [0.3, 0.4) is 0 Å². The Labute approximate surface area is 170 Å². The van der Waals surface area contributed by atoms with Crippen LogP contribution in [0.15, 0.2) is 53.8 Å². The standard InChI is InChI=1S/C20H13ClFN5O2/c1-24-20(29)16-8-11(4-6-25-16)18-19(28)13(5-7-26-18)17(10-23)27-12-2-3-15(22)14(21)9-12/h2-9,28H,1H3,(H,24,29). The van der Waals surface area contributed by atoms with Gasteiger partial charge in [-0.2, -0.15) is 5.26 Å². The number of pyridine rings is 2. The smallest absolute Gasteiger partial charge is 0.269 e. The number of hydrogen-bond acceptors (Lipinski definition) is 6. The van der Waals surface area contributed by atoms with Gasteiger partial charge in [-0.25, -0.2) is 9.38 Å². The van der Waals surface area contributed by atoms with Gasteiger partial charge in [0.2, 0.25) is 0 Å². The summed E-state index contributed by atoms with van der Waals surface area (Å²) in [6.45, 7) is 0. The lowest BCUT2D eigenvalue weighted by atomic mass is 10.0. The summed E-state index contributed by atoms with van der Waals surface area (Å²) in [6.07, 6.45) is 2.81. The van der Waals surface area contributed by atoms with Crippen molar-refractivity contribution in [2.45, 2.75) is 0 Å². The molecule has 0 saturated carbocycles. The normalized spacial score (nSPS) is 11.0. The molecule has 0 fully saturated rings. The van der Waals surface area contributed by atoms with E-state index in [1.807, 2.05) is 6.07 Å². The van der Waals surface area contributed by atoms with E-state index in [9.17, 15) is 19.6 Å². The molecule has 2 heterocycles. The fourth-order valence-electron chi connectivity index (χ4n) is 2.52. The molecule has 0 radical (unpaired) electrons.